The third-order valence-corrected chi connectivity index (χ3v) is 5.05. The fraction of sp³-hybridized carbons (Fsp3) is 0.385. The van der Waals surface area contributed by atoms with Gasteiger partial charge in [-0.15, -0.1) is 0 Å². The predicted molar refractivity (Wildman–Crippen MR) is 129 cm³/mol. The zero-order valence-corrected chi connectivity index (χ0v) is 21.4. The van der Waals surface area contributed by atoms with Crippen LogP contribution in [0.3, 0.4) is 0 Å². The van der Waals surface area contributed by atoms with Crippen molar-refractivity contribution in [1.29, 1.82) is 0 Å². The number of imide groups is 1. The summed E-state index contributed by atoms with van der Waals surface area (Å²) in [5, 5.41) is 0.367. The van der Waals surface area contributed by atoms with Gasteiger partial charge in [0.25, 0.3) is 11.8 Å². The minimum Gasteiger partial charge on any atom is -0.488 e. The molecule has 0 N–H and O–H groups in total. The van der Waals surface area contributed by atoms with Crippen LogP contribution in [0.5, 0.6) is 11.5 Å². The molecule has 0 radical (unpaired) electrons. The van der Waals surface area contributed by atoms with Crippen LogP contribution in [0.1, 0.15) is 47.9 Å². The molecular weight excluding hydrogens is 525 g/mol. The van der Waals surface area contributed by atoms with Crippen LogP contribution in [0.15, 0.2) is 48.5 Å². The van der Waals surface area contributed by atoms with Crippen LogP contribution in [0.25, 0.3) is 0 Å². The van der Waals surface area contributed by atoms with Crippen LogP contribution in [0, 0.1) is 0 Å². The molecule has 13 heteroatoms. The minimum atomic E-state index is -4.54. The number of nitrogens with zero attached hydrogens (tertiary/aromatic N) is 2. The molecule has 2 aromatic carbocycles. The molecule has 1 aliphatic rings. The molecule has 1 aliphatic heterocycles. The minimum absolute atomic E-state index is 0.0240. The summed E-state index contributed by atoms with van der Waals surface area (Å²) < 4.78 is 53.3. The van der Waals surface area contributed by atoms with Crippen LogP contribution >= 0.6 is 0 Å². The Labute approximate surface area is 222 Å². The second-order valence-electron chi connectivity index (χ2n) is 9.33. The van der Waals surface area contributed by atoms with Crippen molar-refractivity contribution in [3.05, 3.63) is 59.7 Å². The number of para-hydroxylation sites is 2. The number of carbonyl (C=O) groups excluding carboxylic acids is 4. The van der Waals surface area contributed by atoms with Crippen molar-refractivity contribution in [2.75, 3.05) is 26.3 Å². The third kappa shape index (κ3) is 8.35. The number of carbonyl (C=O) groups is 4. The summed E-state index contributed by atoms with van der Waals surface area (Å²) in [4.78, 5) is 56.1. The van der Waals surface area contributed by atoms with Gasteiger partial charge >= 0.3 is 18.2 Å². The van der Waals surface area contributed by atoms with Crippen LogP contribution < -0.4 is 9.47 Å². The first-order chi connectivity index (χ1) is 18.2. The highest BCUT2D eigenvalue weighted by Crippen LogP contribution is 2.28. The number of alkyl halides is 3. The first kappa shape index (κ1) is 29.3. The zero-order chi connectivity index (χ0) is 28.8. The summed E-state index contributed by atoms with van der Waals surface area (Å²) in [5.41, 5.74) is -0.667. The van der Waals surface area contributed by atoms with Crippen molar-refractivity contribution in [2.45, 2.75) is 39.0 Å². The van der Waals surface area contributed by atoms with Crippen molar-refractivity contribution in [3.8, 4) is 11.5 Å². The number of hydroxylamine groups is 2. The maximum atomic E-state index is 12.7. The van der Waals surface area contributed by atoms with Gasteiger partial charge in [0.05, 0.1) is 24.1 Å². The maximum Gasteiger partial charge on any atom is 0.422 e. The van der Waals surface area contributed by atoms with Crippen molar-refractivity contribution in [3.63, 3.8) is 0 Å². The van der Waals surface area contributed by atoms with E-state index < -0.39 is 48.7 Å². The van der Waals surface area contributed by atoms with Crippen LogP contribution in [0.4, 0.5) is 18.0 Å². The SMILES string of the molecule is CC(C)(C)OC(=O)N(CCOc1ccccc1OCC(F)(F)F)CCC(=O)ON1C(=O)c2ccccc2C1=O. The van der Waals surface area contributed by atoms with E-state index in [-0.39, 0.29) is 42.3 Å². The predicted octanol–water partition coefficient (Wildman–Crippen LogP) is 4.39. The average Bonchev–Trinajstić information content (AvgIpc) is 3.08. The van der Waals surface area contributed by atoms with Gasteiger partial charge in [0.15, 0.2) is 18.1 Å². The lowest BCUT2D eigenvalue weighted by atomic mass is 10.1. The lowest BCUT2D eigenvalue weighted by Gasteiger charge is -2.27. The Morgan fingerprint density at radius 3 is 1.92 bits per heavy atom. The van der Waals surface area contributed by atoms with E-state index in [0.717, 1.165) is 4.90 Å². The molecule has 2 aromatic rings. The highest BCUT2D eigenvalue weighted by atomic mass is 19.4. The molecule has 0 aromatic heterocycles. The molecule has 0 atom stereocenters. The molecule has 10 nitrogen and oxygen atoms in total. The monoisotopic (exact) mass is 552 g/mol. The Morgan fingerprint density at radius 2 is 1.38 bits per heavy atom. The number of fused-ring (bicyclic) bond motifs is 1. The summed E-state index contributed by atoms with van der Waals surface area (Å²) in [6.45, 7) is 2.89. The van der Waals surface area contributed by atoms with Gasteiger partial charge in [-0.25, -0.2) is 9.59 Å². The Hall–Kier alpha value is -4.29. The molecule has 0 aliphatic carbocycles. The number of amides is 3. The molecule has 210 valence electrons. The highest BCUT2D eigenvalue weighted by molar-refractivity contribution is 6.20. The number of benzene rings is 2. The molecule has 3 rings (SSSR count). The Kier molecular flexibility index (Phi) is 9.04. The van der Waals surface area contributed by atoms with Crippen LogP contribution in [0.2, 0.25) is 0 Å². The summed E-state index contributed by atoms with van der Waals surface area (Å²) in [6, 6.07) is 11.7. The molecule has 3 amide bonds. The van der Waals surface area contributed by atoms with Gasteiger partial charge in [0.1, 0.15) is 12.2 Å². The number of rotatable bonds is 10. The normalized spacial score (nSPS) is 13.1. The summed E-state index contributed by atoms with van der Waals surface area (Å²) in [6.07, 6.45) is -5.73. The number of hydrogen-bond donors (Lipinski definition) is 0. The van der Waals surface area contributed by atoms with E-state index in [1.807, 2.05) is 0 Å². The fourth-order valence-corrected chi connectivity index (χ4v) is 3.36. The molecule has 0 fully saturated rings. The number of ether oxygens (including phenoxy) is 3. The second-order valence-corrected chi connectivity index (χ2v) is 9.33. The van der Waals surface area contributed by atoms with E-state index >= 15 is 0 Å². The average molecular weight is 553 g/mol. The van der Waals surface area contributed by atoms with Crippen LogP contribution in [-0.2, 0) is 14.4 Å². The molecule has 1 heterocycles. The molecule has 0 spiro atoms. The second kappa shape index (κ2) is 12.0. The molecule has 0 saturated heterocycles. The summed E-state index contributed by atoms with van der Waals surface area (Å²) in [7, 11) is 0. The van der Waals surface area contributed by atoms with Crippen molar-refractivity contribution >= 4 is 23.9 Å². The first-order valence-corrected chi connectivity index (χ1v) is 11.8. The highest BCUT2D eigenvalue weighted by Gasteiger charge is 2.38. The smallest absolute Gasteiger partial charge is 0.422 e. The number of hydrogen-bond acceptors (Lipinski definition) is 8. The molecule has 0 saturated carbocycles. The Bertz CT molecular complexity index is 1190. The van der Waals surface area contributed by atoms with Crippen molar-refractivity contribution in [1.82, 2.24) is 9.96 Å². The summed E-state index contributed by atoms with van der Waals surface area (Å²) in [5.74, 6) is -2.63. The third-order valence-electron chi connectivity index (χ3n) is 5.05. The zero-order valence-electron chi connectivity index (χ0n) is 21.4. The van der Waals surface area contributed by atoms with Gasteiger partial charge in [-0.3, -0.25) is 9.59 Å². The number of halogens is 3. The van der Waals surface area contributed by atoms with E-state index in [4.69, 9.17) is 19.0 Å². The molecule has 0 unspecified atom stereocenters. The van der Waals surface area contributed by atoms with Crippen molar-refractivity contribution < 1.29 is 51.4 Å². The molecular formula is C26H27F3N2O8. The van der Waals surface area contributed by atoms with E-state index in [9.17, 15) is 32.3 Å². The van der Waals surface area contributed by atoms with Gasteiger partial charge in [-0.2, -0.15) is 13.2 Å². The molecule has 39 heavy (non-hydrogen) atoms. The lowest BCUT2D eigenvalue weighted by molar-refractivity contribution is -0.168. The van der Waals surface area contributed by atoms with Gasteiger partial charge in [-0.1, -0.05) is 29.3 Å². The largest absolute Gasteiger partial charge is 0.488 e. The van der Waals surface area contributed by atoms with Gasteiger partial charge in [-0.05, 0) is 45.0 Å². The summed E-state index contributed by atoms with van der Waals surface area (Å²) >= 11 is 0. The van der Waals surface area contributed by atoms with Crippen LogP contribution in [-0.4, -0.2) is 71.9 Å². The first-order valence-electron chi connectivity index (χ1n) is 11.8. The fourth-order valence-electron chi connectivity index (χ4n) is 3.36. The van der Waals surface area contributed by atoms with Gasteiger partial charge in [0.2, 0.25) is 0 Å². The van der Waals surface area contributed by atoms with Gasteiger partial charge < -0.3 is 23.9 Å². The maximum absolute atomic E-state index is 12.7. The van der Waals surface area contributed by atoms with E-state index in [2.05, 4.69) is 0 Å². The molecule has 0 bridgehead atoms. The topological polar surface area (TPSA) is 112 Å². The van der Waals surface area contributed by atoms with Gasteiger partial charge in [0, 0.05) is 6.54 Å². The Balaban J connectivity index is 1.60. The van der Waals surface area contributed by atoms with E-state index in [1.54, 1.807) is 32.9 Å². The quantitative estimate of drug-likeness (QED) is 0.399. The van der Waals surface area contributed by atoms with E-state index in [1.165, 1.54) is 36.4 Å². The van der Waals surface area contributed by atoms with E-state index in [0.29, 0.717) is 5.06 Å². The standard InChI is InChI=1S/C26H27F3N2O8/c1-25(2,3)38-24(35)30(14-15-36-19-10-6-7-11-20(19)37-16-26(27,28)29)13-12-21(32)39-31-22(33)17-8-4-5-9-18(17)23(31)34/h4-11H,12-16H2,1-3H3. The van der Waals surface area contributed by atoms with Crippen molar-refractivity contribution in [2.24, 2.45) is 0 Å². The lowest BCUT2D eigenvalue weighted by Crippen LogP contribution is -2.41. The Morgan fingerprint density at radius 1 is 0.846 bits per heavy atom.